The largest absolute Gasteiger partial charge is 0.451 e. The molecule has 5 nitrogen and oxygen atoms in total. The van der Waals surface area contributed by atoms with Crippen molar-refractivity contribution < 1.29 is 13.2 Å². The van der Waals surface area contributed by atoms with E-state index in [-0.39, 0.29) is 16.7 Å². The molecule has 0 spiro atoms. The average Bonchev–Trinajstić information content (AvgIpc) is 2.26. The van der Waals surface area contributed by atoms with Crippen LogP contribution >= 0.6 is 0 Å². The van der Waals surface area contributed by atoms with Crippen molar-refractivity contribution in [1.82, 2.24) is 15.0 Å². The number of pyridine rings is 1. The Bertz CT molecular complexity index is 620. The number of fused-ring (bicyclic) bond motifs is 1. The SMILES string of the molecule is CNc1cc2nc(C(F)(F)F)ncc2[nH]c1=O. The van der Waals surface area contributed by atoms with Gasteiger partial charge in [-0.25, -0.2) is 9.97 Å². The zero-order valence-corrected chi connectivity index (χ0v) is 8.59. The molecule has 0 bridgehead atoms. The van der Waals surface area contributed by atoms with Crippen LogP contribution in [0.5, 0.6) is 0 Å². The summed E-state index contributed by atoms with van der Waals surface area (Å²) < 4.78 is 37.1. The number of nitrogens with zero attached hydrogens (tertiary/aromatic N) is 2. The van der Waals surface area contributed by atoms with Crippen LogP contribution in [0.2, 0.25) is 0 Å². The summed E-state index contributed by atoms with van der Waals surface area (Å²) in [5.41, 5.74) is -0.119. The molecule has 0 saturated carbocycles. The maximum absolute atomic E-state index is 12.4. The van der Waals surface area contributed by atoms with E-state index in [1.807, 2.05) is 0 Å². The van der Waals surface area contributed by atoms with E-state index in [4.69, 9.17) is 0 Å². The fourth-order valence-electron chi connectivity index (χ4n) is 1.32. The van der Waals surface area contributed by atoms with Crippen LogP contribution in [0.4, 0.5) is 18.9 Å². The number of alkyl halides is 3. The van der Waals surface area contributed by atoms with Gasteiger partial charge in [-0.05, 0) is 6.07 Å². The summed E-state index contributed by atoms with van der Waals surface area (Å²) in [4.78, 5) is 20.2. The highest BCUT2D eigenvalue weighted by Gasteiger charge is 2.34. The van der Waals surface area contributed by atoms with Gasteiger partial charge in [-0.1, -0.05) is 0 Å². The summed E-state index contributed by atoms with van der Waals surface area (Å²) >= 11 is 0. The molecule has 0 unspecified atom stereocenters. The summed E-state index contributed by atoms with van der Waals surface area (Å²) in [5, 5.41) is 2.56. The Morgan fingerprint density at radius 1 is 1.41 bits per heavy atom. The lowest BCUT2D eigenvalue weighted by Gasteiger charge is -2.06. The first-order valence-corrected chi connectivity index (χ1v) is 4.57. The van der Waals surface area contributed by atoms with E-state index in [0.717, 1.165) is 6.20 Å². The monoisotopic (exact) mass is 244 g/mol. The first-order chi connectivity index (χ1) is 7.91. The quantitative estimate of drug-likeness (QED) is 0.795. The van der Waals surface area contributed by atoms with Crippen molar-refractivity contribution in [2.45, 2.75) is 6.18 Å². The highest BCUT2D eigenvalue weighted by molar-refractivity contribution is 5.76. The fraction of sp³-hybridized carbons (Fsp3) is 0.222. The topological polar surface area (TPSA) is 70.7 Å². The van der Waals surface area contributed by atoms with E-state index >= 15 is 0 Å². The summed E-state index contributed by atoms with van der Waals surface area (Å²) in [7, 11) is 1.49. The normalized spacial score (nSPS) is 11.8. The molecule has 0 aliphatic rings. The van der Waals surface area contributed by atoms with Gasteiger partial charge >= 0.3 is 6.18 Å². The number of halogens is 3. The molecule has 0 aromatic carbocycles. The second-order valence-electron chi connectivity index (χ2n) is 3.25. The average molecular weight is 244 g/mol. The fourth-order valence-corrected chi connectivity index (χ4v) is 1.32. The predicted octanol–water partition coefficient (Wildman–Crippen LogP) is 1.38. The molecule has 17 heavy (non-hydrogen) atoms. The molecular formula is C9H7F3N4O. The van der Waals surface area contributed by atoms with Crippen LogP contribution in [0, 0.1) is 0 Å². The number of nitrogens with one attached hydrogen (secondary N) is 2. The molecule has 0 radical (unpaired) electrons. The first kappa shape index (κ1) is 11.4. The first-order valence-electron chi connectivity index (χ1n) is 4.57. The number of anilines is 1. The maximum atomic E-state index is 12.4. The molecule has 0 saturated heterocycles. The Balaban J connectivity index is 2.69. The zero-order chi connectivity index (χ0) is 12.6. The van der Waals surface area contributed by atoms with Crippen LogP contribution in [-0.4, -0.2) is 22.0 Å². The van der Waals surface area contributed by atoms with Crippen molar-refractivity contribution in [3.63, 3.8) is 0 Å². The summed E-state index contributed by atoms with van der Waals surface area (Å²) in [6.45, 7) is 0. The van der Waals surface area contributed by atoms with Crippen molar-refractivity contribution in [3.05, 3.63) is 28.4 Å². The van der Waals surface area contributed by atoms with Gasteiger partial charge in [0.1, 0.15) is 5.69 Å². The summed E-state index contributed by atoms with van der Waals surface area (Å²) in [6, 6.07) is 1.24. The molecule has 2 aromatic heterocycles. The van der Waals surface area contributed by atoms with Gasteiger partial charge in [-0.3, -0.25) is 4.79 Å². The molecular weight excluding hydrogens is 237 g/mol. The third-order valence-electron chi connectivity index (χ3n) is 2.12. The van der Waals surface area contributed by atoms with Gasteiger partial charge in [0, 0.05) is 7.05 Å². The smallest absolute Gasteiger partial charge is 0.384 e. The standard InChI is InChI=1S/C9H7F3N4O/c1-13-5-2-4-6(15-7(5)17)3-14-8(16-4)9(10,11)12/h2-3,13H,1H3,(H,15,17). The van der Waals surface area contributed by atoms with Crippen LogP contribution in [0.25, 0.3) is 11.0 Å². The Hall–Kier alpha value is -2.12. The second kappa shape index (κ2) is 3.72. The Kier molecular flexibility index (Phi) is 2.49. The number of H-pyrrole nitrogens is 1. The van der Waals surface area contributed by atoms with Gasteiger partial charge in [-0.2, -0.15) is 13.2 Å². The molecule has 0 fully saturated rings. The highest BCUT2D eigenvalue weighted by Crippen LogP contribution is 2.26. The van der Waals surface area contributed by atoms with Crippen LogP contribution in [0.15, 0.2) is 17.1 Å². The minimum atomic E-state index is -4.61. The zero-order valence-electron chi connectivity index (χ0n) is 8.59. The molecule has 2 aromatic rings. The molecule has 0 aliphatic carbocycles. The van der Waals surface area contributed by atoms with Crippen molar-refractivity contribution in [2.24, 2.45) is 0 Å². The van der Waals surface area contributed by atoms with Gasteiger partial charge in [0.2, 0.25) is 5.82 Å². The van der Waals surface area contributed by atoms with Gasteiger partial charge in [-0.15, -0.1) is 0 Å². The van der Waals surface area contributed by atoms with E-state index in [1.165, 1.54) is 13.1 Å². The number of hydrogen-bond donors (Lipinski definition) is 2. The summed E-state index contributed by atoms with van der Waals surface area (Å²) in [5.74, 6) is -1.24. The van der Waals surface area contributed by atoms with Gasteiger partial charge in [0.05, 0.1) is 17.2 Å². The Morgan fingerprint density at radius 2 is 2.12 bits per heavy atom. The molecule has 0 aliphatic heterocycles. The third kappa shape index (κ3) is 2.05. The van der Waals surface area contributed by atoms with Gasteiger partial charge in [0.15, 0.2) is 0 Å². The number of aromatic nitrogens is 3. The van der Waals surface area contributed by atoms with E-state index < -0.39 is 17.6 Å². The van der Waals surface area contributed by atoms with Crippen LogP contribution in [0.3, 0.4) is 0 Å². The van der Waals surface area contributed by atoms with Crippen LogP contribution in [0.1, 0.15) is 5.82 Å². The van der Waals surface area contributed by atoms with Crippen LogP contribution in [-0.2, 0) is 6.18 Å². The summed E-state index contributed by atoms with van der Waals surface area (Å²) in [6.07, 6.45) is -3.67. The van der Waals surface area contributed by atoms with Crippen molar-refractivity contribution in [2.75, 3.05) is 12.4 Å². The lowest BCUT2D eigenvalue weighted by molar-refractivity contribution is -0.144. The minimum Gasteiger partial charge on any atom is -0.384 e. The molecule has 0 atom stereocenters. The third-order valence-corrected chi connectivity index (χ3v) is 2.12. The van der Waals surface area contributed by atoms with Crippen molar-refractivity contribution in [1.29, 1.82) is 0 Å². The lowest BCUT2D eigenvalue weighted by Crippen LogP contribution is -2.14. The molecule has 2 N–H and O–H groups in total. The highest BCUT2D eigenvalue weighted by atomic mass is 19.4. The van der Waals surface area contributed by atoms with E-state index in [9.17, 15) is 18.0 Å². The molecule has 2 rings (SSSR count). The Labute approximate surface area is 92.7 Å². The minimum absolute atomic E-state index is 0.0243. The van der Waals surface area contributed by atoms with Gasteiger partial charge in [0.25, 0.3) is 5.56 Å². The predicted molar refractivity (Wildman–Crippen MR) is 54.7 cm³/mol. The number of hydrogen-bond acceptors (Lipinski definition) is 4. The lowest BCUT2D eigenvalue weighted by atomic mass is 10.3. The maximum Gasteiger partial charge on any atom is 0.451 e. The van der Waals surface area contributed by atoms with E-state index in [1.54, 1.807) is 0 Å². The van der Waals surface area contributed by atoms with Gasteiger partial charge < -0.3 is 10.3 Å². The molecule has 8 heteroatoms. The number of rotatable bonds is 1. The molecule has 90 valence electrons. The number of aromatic amines is 1. The second-order valence-corrected chi connectivity index (χ2v) is 3.25. The van der Waals surface area contributed by atoms with Crippen molar-refractivity contribution >= 4 is 16.7 Å². The Morgan fingerprint density at radius 3 is 2.71 bits per heavy atom. The molecule has 2 heterocycles. The van der Waals surface area contributed by atoms with E-state index in [0.29, 0.717) is 0 Å². The van der Waals surface area contributed by atoms with Crippen molar-refractivity contribution in [3.8, 4) is 0 Å². The van der Waals surface area contributed by atoms with Crippen LogP contribution < -0.4 is 10.9 Å². The molecule has 0 amide bonds. The van der Waals surface area contributed by atoms with E-state index in [2.05, 4.69) is 20.3 Å².